The Morgan fingerprint density at radius 3 is 2.26 bits per heavy atom. The molecule has 2 aliphatic carbocycles. The number of benzene rings is 1. The Labute approximate surface area is 300 Å². The number of nitrogens with one attached hydrogen (secondary N) is 1. The number of carbonyl (C=O) groups is 3. The molecule has 2 fully saturated rings. The summed E-state index contributed by atoms with van der Waals surface area (Å²) in [5.41, 5.74) is 4.22. The number of aromatic nitrogens is 2. The summed E-state index contributed by atoms with van der Waals surface area (Å²) in [6.45, 7) is 6.90. The van der Waals surface area contributed by atoms with Gasteiger partial charge in [0.2, 0.25) is 5.91 Å². The molecular weight excluding hydrogens is 645 g/mol. The van der Waals surface area contributed by atoms with E-state index in [4.69, 9.17) is 9.97 Å². The van der Waals surface area contributed by atoms with Crippen LogP contribution in [0.15, 0.2) is 54.9 Å². The highest BCUT2D eigenvalue weighted by atomic mass is 32.1. The minimum Gasteiger partial charge on any atom is -0.481 e. The number of likely N-dealkylation sites (tertiary alicyclic amines) is 1. The highest BCUT2D eigenvalue weighted by molar-refractivity contribution is 7.14. The number of hydrogen-bond acceptors (Lipinski definition) is 6. The van der Waals surface area contributed by atoms with Crippen molar-refractivity contribution in [3.8, 4) is 11.4 Å². The fraction of sp³-hybridized carbons (Fsp3) is 0.537. The molecule has 1 saturated carbocycles. The molecule has 2 aromatic heterocycles. The van der Waals surface area contributed by atoms with E-state index in [1.165, 1.54) is 66.8 Å². The predicted octanol–water partition coefficient (Wildman–Crippen LogP) is 8.08. The Bertz CT molecular complexity index is 1650. The van der Waals surface area contributed by atoms with Gasteiger partial charge in [-0.1, -0.05) is 76.8 Å². The van der Waals surface area contributed by atoms with E-state index >= 15 is 0 Å². The molecule has 0 spiro atoms. The largest absolute Gasteiger partial charge is 0.481 e. The first kappa shape index (κ1) is 36.0. The van der Waals surface area contributed by atoms with Crippen LogP contribution in [0.25, 0.3) is 17.0 Å². The maximum Gasteiger partial charge on any atom is 0.310 e. The Morgan fingerprint density at radius 1 is 0.920 bits per heavy atom. The zero-order valence-corrected chi connectivity index (χ0v) is 30.6. The summed E-state index contributed by atoms with van der Waals surface area (Å²) in [5.74, 6) is 1.75. The Hall–Kier alpha value is -3.85. The molecule has 6 rings (SSSR count). The van der Waals surface area contributed by atoms with E-state index in [1.807, 2.05) is 48.8 Å². The van der Waals surface area contributed by atoms with Crippen molar-refractivity contribution < 1.29 is 19.5 Å². The quantitative estimate of drug-likeness (QED) is 0.187. The molecule has 9 heteroatoms. The molecule has 8 nitrogen and oxygen atoms in total. The van der Waals surface area contributed by atoms with E-state index < -0.39 is 17.9 Å². The number of hydrogen-bond donors (Lipinski definition) is 2. The first-order valence-electron chi connectivity index (χ1n) is 18.7. The summed E-state index contributed by atoms with van der Waals surface area (Å²) < 4.78 is 0. The SMILES string of the molecule is CCCC1CCC(C2CC=C(c3cnc(-c4ccc(C[C@H](NC(=O)c5ccc(CC(C)C)s5)C(=O)N5CC(C(=O)O)C5)cc4)nc3)CC2)CC1. The van der Waals surface area contributed by atoms with Gasteiger partial charge in [0.25, 0.3) is 5.91 Å². The van der Waals surface area contributed by atoms with Gasteiger partial charge < -0.3 is 15.3 Å². The summed E-state index contributed by atoms with van der Waals surface area (Å²) >= 11 is 1.45. The van der Waals surface area contributed by atoms with Gasteiger partial charge in [0.1, 0.15) is 6.04 Å². The van der Waals surface area contributed by atoms with Crippen LogP contribution >= 0.6 is 11.3 Å². The maximum absolute atomic E-state index is 13.5. The number of allylic oxidation sites excluding steroid dienone is 2. The first-order valence-corrected chi connectivity index (χ1v) is 19.5. The molecule has 3 heterocycles. The number of carboxylic acids is 1. The van der Waals surface area contributed by atoms with Crippen LogP contribution in [0, 0.1) is 29.6 Å². The highest BCUT2D eigenvalue weighted by Gasteiger charge is 2.39. The number of rotatable bonds is 13. The van der Waals surface area contributed by atoms with Gasteiger partial charge in [-0.25, -0.2) is 9.97 Å². The summed E-state index contributed by atoms with van der Waals surface area (Å²) in [6.07, 6.45) is 19.4. The summed E-state index contributed by atoms with van der Waals surface area (Å²) in [5, 5.41) is 12.3. The minimum atomic E-state index is -0.907. The lowest BCUT2D eigenvalue weighted by Crippen LogP contribution is -2.59. The normalized spacial score (nSPS) is 21.7. The first-order chi connectivity index (χ1) is 24.2. The lowest BCUT2D eigenvalue weighted by Gasteiger charge is -2.38. The Morgan fingerprint density at radius 2 is 1.64 bits per heavy atom. The molecule has 50 heavy (non-hydrogen) atoms. The van der Waals surface area contributed by atoms with Crippen molar-refractivity contribution in [2.45, 2.75) is 97.4 Å². The molecule has 0 radical (unpaired) electrons. The molecule has 1 aromatic carbocycles. The van der Waals surface area contributed by atoms with E-state index in [0.717, 1.165) is 58.6 Å². The average molecular weight is 697 g/mol. The zero-order chi connectivity index (χ0) is 35.2. The van der Waals surface area contributed by atoms with Gasteiger partial charge in [0.15, 0.2) is 5.82 Å². The Balaban J connectivity index is 1.07. The van der Waals surface area contributed by atoms with Crippen LogP contribution in [0.3, 0.4) is 0 Å². The molecule has 3 aromatic rings. The van der Waals surface area contributed by atoms with E-state index in [9.17, 15) is 19.5 Å². The smallest absolute Gasteiger partial charge is 0.310 e. The zero-order valence-electron chi connectivity index (χ0n) is 29.8. The van der Waals surface area contributed by atoms with Crippen molar-refractivity contribution in [3.05, 3.63) is 75.7 Å². The number of carboxylic acid groups (broad SMARTS) is 1. The molecule has 0 bridgehead atoms. The topological polar surface area (TPSA) is 112 Å². The van der Waals surface area contributed by atoms with Gasteiger partial charge in [0, 0.05) is 47.9 Å². The monoisotopic (exact) mass is 696 g/mol. The van der Waals surface area contributed by atoms with Crippen molar-refractivity contribution in [2.24, 2.45) is 29.6 Å². The van der Waals surface area contributed by atoms with E-state index in [-0.39, 0.29) is 24.9 Å². The van der Waals surface area contributed by atoms with Gasteiger partial charge in [0.05, 0.1) is 10.8 Å². The van der Waals surface area contributed by atoms with Crippen molar-refractivity contribution >= 4 is 34.7 Å². The molecule has 1 unspecified atom stereocenters. The molecule has 2 N–H and O–H groups in total. The number of amides is 2. The van der Waals surface area contributed by atoms with Crippen LogP contribution in [-0.4, -0.2) is 56.9 Å². The minimum absolute atomic E-state index is 0.155. The molecule has 1 saturated heterocycles. The molecular formula is C41H52N4O4S. The van der Waals surface area contributed by atoms with Crippen molar-refractivity contribution in [1.82, 2.24) is 20.2 Å². The van der Waals surface area contributed by atoms with Crippen LogP contribution in [0.1, 0.15) is 104 Å². The van der Waals surface area contributed by atoms with Gasteiger partial charge in [-0.05, 0) is 85.5 Å². The second-order valence-electron chi connectivity index (χ2n) is 15.2. The van der Waals surface area contributed by atoms with Crippen molar-refractivity contribution in [3.63, 3.8) is 0 Å². The van der Waals surface area contributed by atoms with E-state index in [2.05, 4.69) is 32.2 Å². The van der Waals surface area contributed by atoms with Crippen LogP contribution in [0.2, 0.25) is 0 Å². The van der Waals surface area contributed by atoms with Crippen LogP contribution in [0.5, 0.6) is 0 Å². The number of carbonyl (C=O) groups excluding carboxylic acids is 2. The third kappa shape index (κ3) is 8.89. The number of thiophene rings is 1. The molecule has 2 amide bonds. The maximum atomic E-state index is 13.5. The third-order valence-corrected chi connectivity index (χ3v) is 12.1. The molecule has 1 aliphatic heterocycles. The van der Waals surface area contributed by atoms with E-state index in [1.54, 1.807) is 0 Å². The average Bonchev–Trinajstić information content (AvgIpc) is 3.56. The van der Waals surface area contributed by atoms with Gasteiger partial charge in [-0.3, -0.25) is 14.4 Å². The number of nitrogens with zero attached hydrogens (tertiary/aromatic N) is 3. The van der Waals surface area contributed by atoms with Crippen LogP contribution < -0.4 is 5.32 Å². The summed E-state index contributed by atoms with van der Waals surface area (Å²) in [6, 6.07) is 10.8. The lowest BCUT2D eigenvalue weighted by atomic mass is 9.70. The highest BCUT2D eigenvalue weighted by Crippen LogP contribution is 2.42. The molecule has 266 valence electrons. The third-order valence-electron chi connectivity index (χ3n) is 11.0. The lowest BCUT2D eigenvalue weighted by molar-refractivity contribution is -0.153. The fourth-order valence-electron chi connectivity index (χ4n) is 8.05. The van der Waals surface area contributed by atoms with Crippen LogP contribution in [-0.2, 0) is 22.4 Å². The Kier molecular flexibility index (Phi) is 11.8. The van der Waals surface area contributed by atoms with Gasteiger partial charge >= 0.3 is 5.97 Å². The van der Waals surface area contributed by atoms with Crippen molar-refractivity contribution in [2.75, 3.05) is 13.1 Å². The second kappa shape index (κ2) is 16.4. The van der Waals surface area contributed by atoms with Gasteiger partial charge in [-0.15, -0.1) is 11.3 Å². The molecule has 2 atom stereocenters. The molecule has 3 aliphatic rings. The van der Waals surface area contributed by atoms with Crippen molar-refractivity contribution in [1.29, 1.82) is 0 Å². The predicted molar refractivity (Wildman–Crippen MR) is 199 cm³/mol. The second-order valence-corrected chi connectivity index (χ2v) is 16.4. The van der Waals surface area contributed by atoms with Gasteiger partial charge in [-0.2, -0.15) is 0 Å². The van der Waals surface area contributed by atoms with E-state index in [0.29, 0.717) is 23.0 Å². The summed E-state index contributed by atoms with van der Waals surface area (Å²) in [4.78, 5) is 50.8. The standard InChI is InChI=1S/C41H52N4O4S/c1-4-5-27-6-10-29(11-7-27)30-14-16-31(17-15-30)33-22-42-38(43-23-33)32-12-8-28(9-13-32)21-36(40(47)45-24-34(25-45)41(48)49)44-39(46)37-19-18-35(50-37)20-26(2)3/h8-9,12-13,16,18-19,22-23,26-27,29-30,34,36H,4-7,10-11,14-15,17,20-21,24-25H2,1-3H3,(H,44,46)(H,48,49)/t27?,29?,30?,36-/m0/s1. The summed E-state index contributed by atoms with van der Waals surface area (Å²) in [7, 11) is 0. The van der Waals surface area contributed by atoms with Crippen LogP contribution in [0.4, 0.5) is 0 Å². The number of aliphatic carboxylic acids is 1. The fourth-order valence-corrected chi connectivity index (χ4v) is 9.17.